The summed E-state index contributed by atoms with van der Waals surface area (Å²) >= 11 is 6.28. The number of halogens is 1. The van der Waals surface area contributed by atoms with Gasteiger partial charge in [-0.2, -0.15) is 0 Å². The van der Waals surface area contributed by atoms with Gasteiger partial charge in [0.15, 0.2) is 0 Å². The van der Waals surface area contributed by atoms with E-state index in [1.54, 1.807) is 12.2 Å². The number of allylic oxidation sites excluding steroid dienone is 3. The smallest absolute Gasteiger partial charge is 0.231 e. The molecule has 0 N–H and O–H groups in total. The molecule has 0 aliphatic carbocycles. The van der Waals surface area contributed by atoms with Gasteiger partial charge in [-0.1, -0.05) is 55.7 Å². The van der Waals surface area contributed by atoms with Crippen molar-refractivity contribution < 1.29 is 9.53 Å². The number of hydrogen-bond acceptors (Lipinski definition) is 2. The van der Waals surface area contributed by atoms with Crippen LogP contribution in [-0.4, -0.2) is 24.9 Å². The lowest BCUT2D eigenvalue weighted by atomic mass is 9.95. The third-order valence-corrected chi connectivity index (χ3v) is 5.24. The van der Waals surface area contributed by atoms with Crippen LogP contribution in [0, 0.1) is 0 Å². The summed E-state index contributed by atoms with van der Waals surface area (Å²) in [5.74, 6) is 1.38. The molecule has 0 saturated carbocycles. The Morgan fingerprint density at radius 2 is 2.07 bits per heavy atom. The summed E-state index contributed by atoms with van der Waals surface area (Å²) < 4.78 is 5.87. The normalized spacial score (nSPS) is 16.3. The second-order valence-corrected chi connectivity index (χ2v) is 6.81. The second-order valence-electron chi connectivity index (χ2n) is 6.50. The Bertz CT molecular complexity index is 916. The number of ether oxygens (including phenoxy) is 1. The molecule has 2 aromatic rings. The SMILES string of the molecule is C=CC=C(C=C)CC(=O)N1CC(CCl)c2c1cc(OCC)c1ccccc21. The molecule has 0 spiro atoms. The maximum Gasteiger partial charge on any atom is 0.231 e. The molecule has 0 fully saturated rings. The zero-order chi connectivity index (χ0) is 19.4. The van der Waals surface area contributed by atoms with Gasteiger partial charge in [-0.05, 0) is 23.4 Å². The highest BCUT2D eigenvalue weighted by Gasteiger charge is 2.34. The van der Waals surface area contributed by atoms with E-state index < -0.39 is 0 Å². The van der Waals surface area contributed by atoms with E-state index in [0.717, 1.165) is 33.3 Å². The van der Waals surface area contributed by atoms with Crippen LogP contribution in [0.2, 0.25) is 0 Å². The molecule has 1 unspecified atom stereocenters. The summed E-state index contributed by atoms with van der Waals surface area (Å²) in [6.45, 7) is 10.6. The van der Waals surface area contributed by atoms with Gasteiger partial charge in [-0.15, -0.1) is 11.6 Å². The Balaban J connectivity index is 2.10. The standard InChI is InChI=1S/C23H24ClNO2/c1-4-9-16(5-2)12-22(26)25-15-17(14-24)23-19-11-8-7-10-18(19)21(27-6-3)13-20(23)25/h4-5,7-11,13,17H,1-2,6,12,14-15H2,3H3. The van der Waals surface area contributed by atoms with Crippen molar-refractivity contribution in [2.75, 3.05) is 23.9 Å². The zero-order valence-corrected chi connectivity index (χ0v) is 16.3. The summed E-state index contributed by atoms with van der Waals surface area (Å²) in [7, 11) is 0. The molecular weight excluding hydrogens is 358 g/mol. The molecule has 3 rings (SSSR count). The molecule has 0 radical (unpaired) electrons. The Kier molecular flexibility index (Phi) is 6.02. The number of hydrogen-bond donors (Lipinski definition) is 0. The molecule has 1 amide bonds. The summed E-state index contributed by atoms with van der Waals surface area (Å²) in [6, 6.07) is 10.1. The Hall–Kier alpha value is -2.52. The van der Waals surface area contributed by atoms with Crippen molar-refractivity contribution in [2.24, 2.45) is 0 Å². The molecule has 0 saturated heterocycles. The number of alkyl halides is 1. The maximum atomic E-state index is 13.0. The summed E-state index contributed by atoms with van der Waals surface area (Å²) in [5.41, 5.74) is 2.87. The molecule has 1 aliphatic rings. The van der Waals surface area contributed by atoms with Gasteiger partial charge in [0.2, 0.25) is 5.91 Å². The topological polar surface area (TPSA) is 29.5 Å². The first-order valence-corrected chi connectivity index (χ1v) is 9.66. The predicted octanol–water partition coefficient (Wildman–Crippen LogP) is 5.60. The van der Waals surface area contributed by atoms with Gasteiger partial charge in [-0.3, -0.25) is 4.79 Å². The molecule has 4 heteroatoms. The van der Waals surface area contributed by atoms with E-state index in [-0.39, 0.29) is 18.2 Å². The van der Waals surface area contributed by atoms with Crippen LogP contribution in [0.5, 0.6) is 5.75 Å². The number of benzene rings is 2. The first-order chi connectivity index (χ1) is 13.1. The second kappa shape index (κ2) is 8.45. The first-order valence-electron chi connectivity index (χ1n) is 9.13. The number of fused-ring (bicyclic) bond motifs is 3. The van der Waals surface area contributed by atoms with E-state index in [1.165, 1.54) is 0 Å². The van der Waals surface area contributed by atoms with E-state index in [4.69, 9.17) is 16.3 Å². The Labute approximate surface area is 165 Å². The van der Waals surface area contributed by atoms with E-state index in [0.29, 0.717) is 19.0 Å². The van der Waals surface area contributed by atoms with Crippen molar-refractivity contribution in [3.8, 4) is 5.75 Å². The summed E-state index contributed by atoms with van der Waals surface area (Å²) in [6.07, 6.45) is 5.46. The van der Waals surface area contributed by atoms with E-state index in [1.807, 2.05) is 36.1 Å². The van der Waals surface area contributed by atoms with Crippen LogP contribution in [0.15, 0.2) is 67.3 Å². The molecule has 2 aromatic carbocycles. The molecule has 1 atom stereocenters. The molecule has 0 aromatic heterocycles. The summed E-state index contributed by atoms with van der Waals surface area (Å²) in [4.78, 5) is 14.9. The van der Waals surface area contributed by atoms with Crippen LogP contribution in [0.1, 0.15) is 24.8 Å². The van der Waals surface area contributed by atoms with Gasteiger partial charge in [0.1, 0.15) is 5.75 Å². The van der Waals surface area contributed by atoms with Gasteiger partial charge >= 0.3 is 0 Å². The van der Waals surface area contributed by atoms with Gasteiger partial charge in [0, 0.05) is 29.8 Å². The number of carbonyl (C=O) groups excluding carboxylic acids is 1. The van der Waals surface area contributed by atoms with Crippen LogP contribution in [0.3, 0.4) is 0 Å². The van der Waals surface area contributed by atoms with Crippen LogP contribution < -0.4 is 9.64 Å². The lowest BCUT2D eigenvalue weighted by molar-refractivity contribution is -0.117. The van der Waals surface area contributed by atoms with Crippen molar-refractivity contribution in [3.05, 3.63) is 72.9 Å². The molecule has 1 aliphatic heterocycles. The van der Waals surface area contributed by atoms with Gasteiger partial charge in [-0.25, -0.2) is 0 Å². The van der Waals surface area contributed by atoms with E-state index >= 15 is 0 Å². The van der Waals surface area contributed by atoms with E-state index in [9.17, 15) is 4.79 Å². The zero-order valence-electron chi connectivity index (χ0n) is 15.6. The Morgan fingerprint density at radius 1 is 1.33 bits per heavy atom. The van der Waals surface area contributed by atoms with Crippen molar-refractivity contribution in [3.63, 3.8) is 0 Å². The number of amides is 1. The van der Waals surface area contributed by atoms with Crippen molar-refractivity contribution in [1.82, 2.24) is 0 Å². The largest absolute Gasteiger partial charge is 0.493 e. The lowest BCUT2D eigenvalue weighted by Gasteiger charge is -2.19. The fraction of sp³-hybridized carbons (Fsp3) is 0.261. The molecular formula is C23H24ClNO2. The lowest BCUT2D eigenvalue weighted by Crippen LogP contribution is -2.30. The molecule has 1 heterocycles. The van der Waals surface area contributed by atoms with Crippen molar-refractivity contribution in [1.29, 1.82) is 0 Å². The fourth-order valence-electron chi connectivity index (χ4n) is 3.67. The minimum Gasteiger partial charge on any atom is -0.493 e. The highest BCUT2D eigenvalue weighted by atomic mass is 35.5. The van der Waals surface area contributed by atoms with Gasteiger partial charge in [0.05, 0.1) is 18.7 Å². The molecule has 0 bridgehead atoms. The molecule has 140 valence electrons. The van der Waals surface area contributed by atoms with Gasteiger partial charge in [0.25, 0.3) is 0 Å². The van der Waals surface area contributed by atoms with Crippen molar-refractivity contribution >= 4 is 34.0 Å². The quantitative estimate of drug-likeness (QED) is 0.461. The molecule has 27 heavy (non-hydrogen) atoms. The minimum atomic E-state index is 0.0228. The van der Waals surface area contributed by atoms with Crippen molar-refractivity contribution in [2.45, 2.75) is 19.3 Å². The van der Waals surface area contributed by atoms with Gasteiger partial charge < -0.3 is 9.64 Å². The average molecular weight is 382 g/mol. The van der Waals surface area contributed by atoms with Crippen LogP contribution in [0.4, 0.5) is 5.69 Å². The number of rotatable bonds is 7. The van der Waals surface area contributed by atoms with Crippen LogP contribution in [-0.2, 0) is 4.79 Å². The van der Waals surface area contributed by atoms with E-state index in [2.05, 4.69) is 25.3 Å². The van der Waals surface area contributed by atoms with Crippen LogP contribution >= 0.6 is 11.6 Å². The minimum absolute atomic E-state index is 0.0228. The first kappa shape index (κ1) is 19.2. The number of nitrogens with zero attached hydrogens (tertiary/aromatic N) is 1. The Morgan fingerprint density at radius 3 is 2.70 bits per heavy atom. The number of carbonyl (C=O) groups is 1. The van der Waals surface area contributed by atoms with Crippen LogP contribution in [0.25, 0.3) is 10.8 Å². The third kappa shape index (κ3) is 3.65. The maximum absolute atomic E-state index is 13.0. The predicted molar refractivity (Wildman–Crippen MR) is 114 cm³/mol. The average Bonchev–Trinajstić information content (AvgIpc) is 3.07. The molecule has 3 nitrogen and oxygen atoms in total. The monoisotopic (exact) mass is 381 g/mol. The third-order valence-electron chi connectivity index (χ3n) is 4.87. The fourth-order valence-corrected chi connectivity index (χ4v) is 3.92. The number of anilines is 1. The highest BCUT2D eigenvalue weighted by Crippen LogP contribution is 2.45. The highest BCUT2D eigenvalue weighted by molar-refractivity contribution is 6.19. The summed E-state index contributed by atoms with van der Waals surface area (Å²) in [5, 5.41) is 2.16.